The molecule has 0 aliphatic carbocycles. The van der Waals surface area contributed by atoms with E-state index < -0.39 is 0 Å². The fourth-order valence-electron chi connectivity index (χ4n) is 1.73. The van der Waals surface area contributed by atoms with Crippen LogP contribution in [0, 0.1) is 6.92 Å². The molecule has 0 aliphatic heterocycles. The van der Waals surface area contributed by atoms with E-state index in [1.54, 1.807) is 0 Å². The Bertz CT molecular complexity index is 511. The zero-order valence-corrected chi connectivity index (χ0v) is 9.57. The smallest absolute Gasteiger partial charge is 0.158 e. The maximum Gasteiger partial charge on any atom is 0.158 e. The van der Waals surface area contributed by atoms with Crippen molar-refractivity contribution in [2.45, 2.75) is 26.7 Å². The average molecular weight is 204 g/mol. The van der Waals surface area contributed by atoms with Crippen LogP contribution in [0.25, 0.3) is 11.0 Å². The van der Waals surface area contributed by atoms with Crippen LogP contribution in [0.3, 0.4) is 0 Å². The molecule has 4 nitrogen and oxygen atoms in total. The summed E-state index contributed by atoms with van der Waals surface area (Å²) in [5.41, 5.74) is 9.43. The zero-order valence-electron chi connectivity index (χ0n) is 9.57. The molecule has 0 aromatic carbocycles. The second kappa shape index (κ2) is 3.22. The Morgan fingerprint density at radius 1 is 1.40 bits per heavy atom. The molecule has 2 heterocycles. The number of aromatic nitrogens is 3. The van der Waals surface area contributed by atoms with Gasteiger partial charge in [-0.15, -0.1) is 0 Å². The van der Waals surface area contributed by atoms with Gasteiger partial charge in [0, 0.05) is 12.4 Å². The van der Waals surface area contributed by atoms with Gasteiger partial charge in [-0.1, -0.05) is 13.8 Å². The van der Waals surface area contributed by atoms with E-state index in [1.807, 2.05) is 24.7 Å². The summed E-state index contributed by atoms with van der Waals surface area (Å²) in [6.45, 7) is 6.16. The van der Waals surface area contributed by atoms with Crippen LogP contribution in [0.5, 0.6) is 0 Å². The van der Waals surface area contributed by atoms with Crippen LogP contribution in [-0.4, -0.2) is 14.8 Å². The minimum atomic E-state index is 0.387. The number of anilines is 1. The molecule has 0 unspecified atom stereocenters. The first-order chi connectivity index (χ1) is 7.00. The molecule has 0 atom stereocenters. The number of hydrogen-bond acceptors (Lipinski definition) is 3. The lowest BCUT2D eigenvalue weighted by atomic mass is 10.1. The highest BCUT2D eigenvalue weighted by Gasteiger charge is 2.13. The van der Waals surface area contributed by atoms with Crippen LogP contribution < -0.4 is 5.73 Å². The second-order valence-electron chi connectivity index (χ2n) is 4.20. The number of rotatable bonds is 1. The number of nitrogens with two attached hydrogens (primary N) is 1. The predicted octanol–water partition coefficient (Wildman–Crippen LogP) is 1.98. The molecule has 0 aliphatic rings. The monoisotopic (exact) mass is 204 g/mol. The number of nitrogen functional groups attached to an aromatic ring is 1. The van der Waals surface area contributed by atoms with Crippen molar-refractivity contribution in [1.82, 2.24) is 14.8 Å². The predicted molar refractivity (Wildman–Crippen MR) is 61.7 cm³/mol. The average Bonchev–Trinajstić information content (AvgIpc) is 2.45. The van der Waals surface area contributed by atoms with E-state index in [1.165, 1.54) is 0 Å². The largest absolute Gasteiger partial charge is 0.397 e. The maximum absolute atomic E-state index is 5.86. The third-order valence-electron chi connectivity index (χ3n) is 2.62. The summed E-state index contributed by atoms with van der Waals surface area (Å²) >= 11 is 0. The first-order valence-electron chi connectivity index (χ1n) is 5.10. The maximum atomic E-state index is 5.86. The highest BCUT2D eigenvalue weighted by molar-refractivity contribution is 5.82. The molecule has 4 heteroatoms. The van der Waals surface area contributed by atoms with E-state index >= 15 is 0 Å². The van der Waals surface area contributed by atoms with Crippen molar-refractivity contribution in [1.29, 1.82) is 0 Å². The van der Waals surface area contributed by atoms with Crippen molar-refractivity contribution in [3.63, 3.8) is 0 Å². The van der Waals surface area contributed by atoms with Crippen molar-refractivity contribution >= 4 is 16.7 Å². The van der Waals surface area contributed by atoms with Crippen LogP contribution in [0.15, 0.2) is 6.07 Å². The molecule has 2 aromatic rings. The molecule has 2 N–H and O–H groups in total. The van der Waals surface area contributed by atoms with Crippen molar-refractivity contribution in [2.75, 3.05) is 5.73 Å². The minimum absolute atomic E-state index is 0.387. The molecule has 15 heavy (non-hydrogen) atoms. The molecule has 0 saturated heterocycles. The van der Waals surface area contributed by atoms with Gasteiger partial charge < -0.3 is 5.73 Å². The molecule has 2 rings (SSSR count). The van der Waals surface area contributed by atoms with Gasteiger partial charge in [-0.05, 0) is 18.9 Å². The molecule has 0 bridgehead atoms. The number of pyridine rings is 1. The van der Waals surface area contributed by atoms with E-state index in [0.717, 1.165) is 28.1 Å². The van der Waals surface area contributed by atoms with Gasteiger partial charge in [0.2, 0.25) is 0 Å². The van der Waals surface area contributed by atoms with E-state index in [9.17, 15) is 0 Å². The fourth-order valence-corrected chi connectivity index (χ4v) is 1.73. The molecular formula is C11H16N4. The van der Waals surface area contributed by atoms with Crippen LogP contribution >= 0.6 is 0 Å². The Balaban J connectivity index is 2.82. The summed E-state index contributed by atoms with van der Waals surface area (Å²) < 4.78 is 1.82. The highest BCUT2D eigenvalue weighted by Crippen LogP contribution is 2.25. The van der Waals surface area contributed by atoms with Gasteiger partial charge in [0.15, 0.2) is 5.65 Å². The lowest BCUT2D eigenvalue weighted by molar-refractivity contribution is 0.724. The summed E-state index contributed by atoms with van der Waals surface area (Å²) in [6, 6.07) is 1.97. The van der Waals surface area contributed by atoms with Gasteiger partial charge in [-0.2, -0.15) is 5.10 Å². The molecule has 0 radical (unpaired) electrons. The summed E-state index contributed by atoms with van der Waals surface area (Å²) in [5, 5.41) is 5.54. The molecule has 80 valence electrons. The van der Waals surface area contributed by atoms with Crippen LogP contribution in [-0.2, 0) is 7.05 Å². The Morgan fingerprint density at radius 2 is 2.07 bits per heavy atom. The number of nitrogens with zero attached hydrogens (tertiary/aromatic N) is 3. The van der Waals surface area contributed by atoms with Crippen molar-refractivity contribution in [2.24, 2.45) is 7.05 Å². The first-order valence-corrected chi connectivity index (χ1v) is 5.10. The lowest BCUT2D eigenvalue weighted by Crippen LogP contribution is -1.96. The van der Waals surface area contributed by atoms with Gasteiger partial charge in [-0.3, -0.25) is 4.68 Å². The van der Waals surface area contributed by atoms with E-state index in [2.05, 4.69) is 23.9 Å². The van der Waals surface area contributed by atoms with E-state index in [-0.39, 0.29) is 0 Å². The zero-order chi connectivity index (χ0) is 11.2. The molecular weight excluding hydrogens is 188 g/mol. The number of hydrogen-bond donors (Lipinski definition) is 1. The van der Waals surface area contributed by atoms with E-state index in [0.29, 0.717) is 5.92 Å². The van der Waals surface area contributed by atoms with Crippen LogP contribution in [0.4, 0.5) is 5.69 Å². The standard InChI is InChI=1S/C11H16N4/c1-6(2)10-8-5-9(12)7(3)13-11(8)15(4)14-10/h5-6H,12H2,1-4H3. The van der Waals surface area contributed by atoms with Crippen LogP contribution in [0.2, 0.25) is 0 Å². The SMILES string of the molecule is Cc1nc2c(cc1N)c(C(C)C)nn2C. The van der Waals surface area contributed by atoms with Crippen molar-refractivity contribution in [3.8, 4) is 0 Å². The summed E-state index contributed by atoms with van der Waals surface area (Å²) in [5.74, 6) is 0.387. The third kappa shape index (κ3) is 1.46. The topological polar surface area (TPSA) is 56.7 Å². The Hall–Kier alpha value is -1.58. The Labute approximate surface area is 89.1 Å². The number of aryl methyl sites for hydroxylation is 2. The van der Waals surface area contributed by atoms with Crippen molar-refractivity contribution < 1.29 is 0 Å². The molecule has 0 saturated carbocycles. The van der Waals surface area contributed by atoms with Crippen LogP contribution in [0.1, 0.15) is 31.2 Å². The van der Waals surface area contributed by atoms with Crippen molar-refractivity contribution in [3.05, 3.63) is 17.5 Å². The molecule has 0 spiro atoms. The Kier molecular flexibility index (Phi) is 2.14. The van der Waals surface area contributed by atoms with Gasteiger partial charge in [0.25, 0.3) is 0 Å². The molecule has 0 amide bonds. The Morgan fingerprint density at radius 3 is 2.67 bits per heavy atom. The fraction of sp³-hybridized carbons (Fsp3) is 0.455. The lowest BCUT2D eigenvalue weighted by Gasteiger charge is -2.02. The van der Waals surface area contributed by atoms with Gasteiger partial charge >= 0.3 is 0 Å². The number of fused-ring (bicyclic) bond motifs is 1. The first kappa shape index (κ1) is 9.96. The highest BCUT2D eigenvalue weighted by atomic mass is 15.3. The minimum Gasteiger partial charge on any atom is -0.397 e. The summed E-state index contributed by atoms with van der Waals surface area (Å²) in [4.78, 5) is 4.45. The van der Waals surface area contributed by atoms with Gasteiger partial charge in [-0.25, -0.2) is 4.98 Å². The second-order valence-corrected chi connectivity index (χ2v) is 4.20. The third-order valence-corrected chi connectivity index (χ3v) is 2.62. The summed E-state index contributed by atoms with van der Waals surface area (Å²) in [6.07, 6.45) is 0. The van der Waals surface area contributed by atoms with Gasteiger partial charge in [0.05, 0.1) is 17.1 Å². The molecule has 2 aromatic heterocycles. The normalized spacial score (nSPS) is 11.5. The molecule has 0 fully saturated rings. The summed E-state index contributed by atoms with van der Waals surface area (Å²) in [7, 11) is 1.91. The van der Waals surface area contributed by atoms with E-state index in [4.69, 9.17) is 5.73 Å². The quantitative estimate of drug-likeness (QED) is 0.772. The van der Waals surface area contributed by atoms with Gasteiger partial charge in [0.1, 0.15) is 0 Å².